The Labute approximate surface area is 207 Å². The topological polar surface area (TPSA) is 79.6 Å². The lowest BCUT2D eigenvalue weighted by Crippen LogP contribution is -2.43. The molecular weight excluding hydrogens is 440 g/mol. The van der Waals surface area contributed by atoms with Gasteiger partial charge in [0.1, 0.15) is 18.2 Å². The number of carbonyl (C=O) groups excluding carboxylic acids is 2. The van der Waals surface area contributed by atoms with Crippen LogP contribution < -0.4 is 9.47 Å². The van der Waals surface area contributed by atoms with Gasteiger partial charge in [0.25, 0.3) is 11.8 Å². The van der Waals surface area contributed by atoms with Gasteiger partial charge in [0.2, 0.25) is 0 Å². The summed E-state index contributed by atoms with van der Waals surface area (Å²) in [5, 5.41) is 9.58. The molecule has 2 aromatic rings. The highest BCUT2D eigenvalue weighted by atomic mass is 16.5. The summed E-state index contributed by atoms with van der Waals surface area (Å²) in [5.41, 5.74) is 3.71. The van der Waals surface area contributed by atoms with E-state index in [1.54, 1.807) is 13.0 Å². The van der Waals surface area contributed by atoms with E-state index in [2.05, 4.69) is 6.92 Å². The maximum absolute atomic E-state index is 13.2. The van der Waals surface area contributed by atoms with Crippen molar-refractivity contribution in [1.29, 1.82) is 5.26 Å². The van der Waals surface area contributed by atoms with Crippen LogP contribution in [0.15, 0.2) is 59.2 Å². The molecule has 182 valence electrons. The summed E-state index contributed by atoms with van der Waals surface area (Å²) in [6, 6.07) is 15.6. The van der Waals surface area contributed by atoms with E-state index in [0.717, 1.165) is 24.0 Å². The van der Waals surface area contributed by atoms with Crippen molar-refractivity contribution in [2.45, 2.75) is 53.6 Å². The molecule has 6 nitrogen and oxygen atoms in total. The van der Waals surface area contributed by atoms with Crippen LogP contribution in [0.5, 0.6) is 11.5 Å². The molecule has 1 aliphatic heterocycles. The zero-order valence-electron chi connectivity index (χ0n) is 20.9. The van der Waals surface area contributed by atoms with E-state index in [1.165, 1.54) is 10.5 Å². The molecule has 0 saturated heterocycles. The molecule has 35 heavy (non-hydrogen) atoms. The standard InChI is InChI=1S/C29H32N2O4/c1-5-7-8-15-31-28(32)24(21(4)25(18-30)29(31)33)16-23-13-14-26(27(17-23)34-6-2)35-19-22-11-9-20(3)10-12-22/h9-14,16-17H,5-8,15,19H2,1-4H3/b24-16+. The fourth-order valence-corrected chi connectivity index (χ4v) is 3.87. The molecule has 6 heteroatoms. The third kappa shape index (κ3) is 6.19. The van der Waals surface area contributed by atoms with E-state index in [9.17, 15) is 14.9 Å². The fraction of sp³-hybridized carbons (Fsp3) is 0.345. The van der Waals surface area contributed by atoms with E-state index in [1.807, 2.05) is 62.4 Å². The largest absolute Gasteiger partial charge is 0.490 e. The molecule has 0 saturated carbocycles. The number of imide groups is 1. The first kappa shape index (κ1) is 25.8. The Bertz CT molecular complexity index is 1190. The number of hydrogen-bond donors (Lipinski definition) is 0. The third-order valence-electron chi connectivity index (χ3n) is 5.90. The van der Waals surface area contributed by atoms with Gasteiger partial charge in [0.05, 0.1) is 6.61 Å². The summed E-state index contributed by atoms with van der Waals surface area (Å²) in [7, 11) is 0. The Morgan fingerprint density at radius 1 is 0.943 bits per heavy atom. The first-order chi connectivity index (χ1) is 16.9. The molecule has 0 fully saturated rings. The van der Waals surface area contributed by atoms with Crippen LogP contribution >= 0.6 is 0 Å². The second kappa shape index (κ2) is 12.0. The van der Waals surface area contributed by atoms with Crippen molar-refractivity contribution in [3.05, 3.63) is 75.9 Å². The zero-order valence-corrected chi connectivity index (χ0v) is 20.9. The van der Waals surface area contributed by atoms with Gasteiger partial charge in [-0.3, -0.25) is 14.5 Å². The van der Waals surface area contributed by atoms with E-state index >= 15 is 0 Å². The van der Waals surface area contributed by atoms with E-state index in [-0.39, 0.29) is 11.5 Å². The molecule has 2 amide bonds. The van der Waals surface area contributed by atoms with Gasteiger partial charge in [0.15, 0.2) is 11.5 Å². The summed E-state index contributed by atoms with van der Waals surface area (Å²) >= 11 is 0. The Morgan fingerprint density at radius 3 is 2.34 bits per heavy atom. The first-order valence-corrected chi connectivity index (χ1v) is 12.0. The first-order valence-electron chi connectivity index (χ1n) is 12.0. The van der Waals surface area contributed by atoms with Crippen LogP contribution in [0.25, 0.3) is 6.08 Å². The zero-order chi connectivity index (χ0) is 25.4. The van der Waals surface area contributed by atoms with Crippen LogP contribution in [-0.2, 0) is 16.2 Å². The molecule has 1 heterocycles. The number of amides is 2. The lowest BCUT2D eigenvalue weighted by molar-refractivity contribution is -0.140. The highest BCUT2D eigenvalue weighted by Gasteiger charge is 2.35. The molecule has 2 aromatic carbocycles. The van der Waals surface area contributed by atoms with Crippen molar-refractivity contribution in [1.82, 2.24) is 4.90 Å². The molecule has 3 rings (SSSR count). The van der Waals surface area contributed by atoms with Gasteiger partial charge < -0.3 is 9.47 Å². The average Bonchev–Trinajstić information content (AvgIpc) is 2.85. The van der Waals surface area contributed by atoms with Crippen LogP contribution in [0, 0.1) is 18.3 Å². The maximum atomic E-state index is 13.2. The third-order valence-corrected chi connectivity index (χ3v) is 5.90. The van der Waals surface area contributed by atoms with E-state index in [0.29, 0.717) is 48.8 Å². The number of ether oxygens (including phenoxy) is 2. The SMILES string of the molecule is CCCCCN1C(=O)C(C#N)=C(C)/C(=C\c2ccc(OCc3ccc(C)cc3)c(OCC)c2)C1=O. The summed E-state index contributed by atoms with van der Waals surface area (Å²) < 4.78 is 11.8. The van der Waals surface area contributed by atoms with Gasteiger partial charge in [-0.25, -0.2) is 0 Å². The van der Waals surface area contributed by atoms with Crippen molar-refractivity contribution in [3.8, 4) is 17.6 Å². The second-order valence-corrected chi connectivity index (χ2v) is 8.55. The minimum absolute atomic E-state index is 0.00966. The minimum Gasteiger partial charge on any atom is -0.490 e. The Kier molecular flexibility index (Phi) is 8.86. The van der Waals surface area contributed by atoms with Crippen molar-refractivity contribution in [2.75, 3.05) is 13.2 Å². The van der Waals surface area contributed by atoms with Gasteiger partial charge in [-0.2, -0.15) is 5.26 Å². The molecule has 0 unspecified atom stereocenters. The average molecular weight is 473 g/mol. The van der Waals surface area contributed by atoms with Gasteiger partial charge in [-0.05, 0) is 62.1 Å². The number of nitriles is 1. The predicted octanol–water partition coefficient (Wildman–Crippen LogP) is 5.76. The van der Waals surface area contributed by atoms with Crippen LogP contribution in [0.1, 0.15) is 56.7 Å². The molecule has 0 aliphatic carbocycles. The number of unbranched alkanes of at least 4 members (excludes halogenated alkanes) is 2. The lowest BCUT2D eigenvalue weighted by Gasteiger charge is -2.27. The summed E-state index contributed by atoms with van der Waals surface area (Å²) in [6.45, 7) is 8.80. The van der Waals surface area contributed by atoms with Crippen LogP contribution in [0.2, 0.25) is 0 Å². The number of hydrogen-bond acceptors (Lipinski definition) is 5. The monoisotopic (exact) mass is 472 g/mol. The predicted molar refractivity (Wildman–Crippen MR) is 136 cm³/mol. The van der Waals surface area contributed by atoms with Gasteiger partial charge >= 0.3 is 0 Å². The van der Waals surface area contributed by atoms with Crippen LogP contribution in [0.4, 0.5) is 0 Å². The second-order valence-electron chi connectivity index (χ2n) is 8.55. The Morgan fingerprint density at radius 2 is 1.69 bits per heavy atom. The number of rotatable bonds is 10. The molecule has 0 N–H and O–H groups in total. The molecule has 0 radical (unpaired) electrons. The number of nitrogens with zero attached hydrogens (tertiary/aromatic N) is 2. The fourth-order valence-electron chi connectivity index (χ4n) is 3.87. The van der Waals surface area contributed by atoms with E-state index < -0.39 is 5.91 Å². The van der Waals surface area contributed by atoms with Crippen molar-refractivity contribution in [2.24, 2.45) is 0 Å². The van der Waals surface area contributed by atoms with Gasteiger partial charge in [-0.15, -0.1) is 0 Å². The molecule has 1 aliphatic rings. The van der Waals surface area contributed by atoms with Crippen molar-refractivity contribution < 1.29 is 19.1 Å². The molecule has 0 atom stereocenters. The number of benzene rings is 2. The Balaban J connectivity index is 1.90. The minimum atomic E-state index is -0.516. The van der Waals surface area contributed by atoms with Crippen molar-refractivity contribution >= 4 is 17.9 Å². The molecule has 0 bridgehead atoms. The quantitative estimate of drug-likeness (QED) is 0.250. The highest BCUT2D eigenvalue weighted by Crippen LogP contribution is 2.32. The highest BCUT2D eigenvalue weighted by molar-refractivity contribution is 6.19. The maximum Gasteiger partial charge on any atom is 0.271 e. The van der Waals surface area contributed by atoms with Crippen LogP contribution in [0.3, 0.4) is 0 Å². The number of aryl methyl sites for hydroxylation is 1. The lowest BCUT2D eigenvalue weighted by atomic mass is 9.93. The molecule has 0 spiro atoms. The van der Waals surface area contributed by atoms with Crippen LogP contribution in [-0.4, -0.2) is 29.9 Å². The smallest absolute Gasteiger partial charge is 0.271 e. The summed E-state index contributed by atoms with van der Waals surface area (Å²) in [4.78, 5) is 27.1. The van der Waals surface area contributed by atoms with E-state index in [4.69, 9.17) is 9.47 Å². The summed E-state index contributed by atoms with van der Waals surface area (Å²) in [6.07, 6.45) is 4.29. The normalized spacial score (nSPS) is 14.9. The summed E-state index contributed by atoms with van der Waals surface area (Å²) in [5.74, 6) is 0.277. The van der Waals surface area contributed by atoms with Gasteiger partial charge in [-0.1, -0.05) is 55.7 Å². The van der Waals surface area contributed by atoms with Gasteiger partial charge in [0, 0.05) is 12.1 Å². The van der Waals surface area contributed by atoms with Crippen molar-refractivity contribution in [3.63, 3.8) is 0 Å². The molecule has 0 aromatic heterocycles. The molecular formula is C29H32N2O4. The Hall–Kier alpha value is -3.85. The number of carbonyl (C=O) groups is 2.